The molecule has 104 valence electrons. The average molecular weight is 280 g/mol. The second-order valence-electron chi connectivity index (χ2n) is 5.40. The molecule has 1 fully saturated rings. The van der Waals surface area contributed by atoms with Crippen molar-refractivity contribution in [1.29, 1.82) is 0 Å². The first kappa shape index (κ1) is 14.3. The van der Waals surface area contributed by atoms with Gasteiger partial charge in [-0.05, 0) is 45.1 Å². The Kier molecular flexibility index (Phi) is 4.16. The van der Waals surface area contributed by atoms with Crippen molar-refractivity contribution < 1.29 is 9.90 Å². The van der Waals surface area contributed by atoms with Gasteiger partial charge in [-0.1, -0.05) is 0 Å². The van der Waals surface area contributed by atoms with Crippen molar-refractivity contribution in [3.05, 3.63) is 23.9 Å². The van der Waals surface area contributed by atoms with Crippen LogP contribution < -0.4 is 0 Å². The fraction of sp³-hybridized carbons (Fsp3) is 0.571. The third kappa shape index (κ3) is 3.09. The SMILES string of the molecule is CSc1cc(C(=O)N2CCCC2C(C)(C)O)ccn1. The zero-order valence-electron chi connectivity index (χ0n) is 11.6. The van der Waals surface area contributed by atoms with Gasteiger partial charge in [-0.2, -0.15) is 0 Å². The summed E-state index contributed by atoms with van der Waals surface area (Å²) in [4.78, 5) is 18.5. The molecular weight excluding hydrogens is 260 g/mol. The minimum atomic E-state index is -0.860. The molecule has 0 saturated carbocycles. The summed E-state index contributed by atoms with van der Waals surface area (Å²) < 4.78 is 0. The van der Waals surface area contributed by atoms with E-state index in [9.17, 15) is 9.90 Å². The number of aromatic nitrogens is 1. The van der Waals surface area contributed by atoms with E-state index in [1.54, 1.807) is 31.0 Å². The molecule has 1 aliphatic heterocycles. The summed E-state index contributed by atoms with van der Waals surface area (Å²) in [7, 11) is 0. The number of hydrogen-bond acceptors (Lipinski definition) is 4. The predicted molar refractivity (Wildman–Crippen MR) is 76.4 cm³/mol. The monoisotopic (exact) mass is 280 g/mol. The molecule has 1 N–H and O–H groups in total. The lowest BCUT2D eigenvalue weighted by Crippen LogP contribution is -2.48. The Bertz CT molecular complexity index is 471. The van der Waals surface area contributed by atoms with Crippen LogP contribution in [-0.4, -0.2) is 45.3 Å². The highest BCUT2D eigenvalue weighted by molar-refractivity contribution is 7.98. The molecule has 0 spiro atoms. The molecule has 2 rings (SSSR count). The number of aliphatic hydroxyl groups is 1. The number of thioether (sulfide) groups is 1. The predicted octanol–water partition coefficient (Wildman–Crippen LogP) is 2.18. The zero-order chi connectivity index (χ0) is 14.0. The van der Waals surface area contributed by atoms with Gasteiger partial charge < -0.3 is 10.0 Å². The lowest BCUT2D eigenvalue weighted by molar-refractivity contribution is 0.000321. The van der Waals surface area contributed by atoms with Gasteiger partial charge in [0.2, 0.25) is 0 Å². The Balaban J connectivity index is 2.23. The number of hydrogen-bond donors (Lipinski definition) is 1. The van der Waals surface area contributed by atoms with Crippen LogP contribution in [-0.2, 0) is 0 Å². The normalized spacial score (nSPS) is 19.8. The fourth-order valence-corrected chi connectivity index (χ4v) is 2.98. The molecule has 1 atom stereocenters. The summed E-state index contributed by atoms with van der Waals surface area (Å²) in [6, 6.07) is 3.44. The van der Waals surface area contributed by atoms with Gasteiger partial charge in [0.15, 0.2) is 0 Å². The van der Waals surface area contributed by atoms with Crippen LogP contribution in [0.4, 0.5) is 0 Å². The first-order valence-electron chi connectivity index (χ1n) is 6.47. The van der Waals surface area contributed by atoms with Crippen LogP contribution in [0, 0.1) is 0 Å². The van der Waals surface area contributed by atoms with E-state index in [1.807, 2.05) is 12.3 Å². The van der Waals surface area contributed by atoms with Crippen LogP contribution in [0.3, 0.4) is 0 Å². The number of pyridine rings is 1. The quantitative estimate of drug-likeness (QED) is 0.862. The molecule has 0 aromatic carbocycles. The van der Waals surface area contributed by atoms with Crippen LogP contribution >= 0.6 is 11.8 Å². The van der Waals surface area contributed by atoms with Gasteiger partial charge >= 0.3 is 0 Å². The maximum absolute atomic E-state index is 12.5. The smallest absolute Gasteiger partial charge is 0.254 e. The van der Waals surface area contributed by atoms with Crippen molar-refractivity contribution in [2.75, 3.05) is 12.8 Å². The van der Waals surface area contributed by atoms with E-state index in [2.05, 4.69) is 4.98 Å². The largest absolute Gasteiger partial charge is 0.388 e. The summed E-state index contributed by atoms with van der Waals surface area (Å²) in [5.74, 6) is -0.0117. The van der Waals surface area contributed by atoms with Crippen LogP contribution in [0.1, 0.15) is 37.0 Å². The number of rotatable bonds is 3. The van der Waals surface area contributed by atoms with Crippen LogP contribution in [0.25, 0.3) is 0 Å². The van der Waals surface area contributed by atoms with Crippen molar-refractivity contribution in [2.24, 2.45) is 0 Å². The first-order chi connectivity index (χ1) is 8.93. The van der Waals surface area contributed by atoms with Gasteiger partial charge in [-0.3, -0.25) is 4.79 Å². The average Bonchev–Trinajstić information content (AvgIpc) is 2.87. The van der Waals surface area contributed by atoms with Gasteiger partial charge in [0, 0.05) is 18.3 Å². The van der Waals surface area contributed by atoms with E-state index >= 15 is 0 Å². The van der Waals surface area contributed by atoms with E-state index in [1.165, 1.54) is 11.8 Å². The second-order valence-corrected chi connectivity index (χ2v) is 6.22. The van der Waals surface area contributed by atoms with Gasteiger partial charge in [-0.25, -0.2) is 4.98 Å². The number of nitrogens with zero attached hydrogens (tertiary/aromatic N) is 2. The molecule has 0 aliphatic carbocycles. The molecular formula is C14H20N2O2S. The maximum Gasteiger partial charge on any atom is 0.254 e. The highest BCUT2D eigenvalue weighted by Crippen LogP contribution is 2.28. The zero-order valence-corrected chi connectivity index (χ0v) is 12.4. The first-order valence-corrected chi connectivity index (χ1v) is 7.69. The van der Waals surface area contributed by atoms with Gasteiger partial charge in [-0.15, -0.1) is 11.8 Å². The van der Waals surface area contributed by atoms with Crippen LogP contribution in [0.15, 0.2) is 23.4 Å². The topological polar surface area (TPSA) is 53.4 Å². The third-order valence-corrected chi connectivity index (χ3v) is 4.16. The van der Waals surface area contributed by atoms with Crippen molar-refractivity contribution in [3.63, 3.8) is 0 Å². The molecule has 5 heteroatoms. The highest BCUT2D eigenvalue weighted by atomic mass is 32.2. The lowest BCUT2D eigenvalue weighted by Gasteiger charge is -2.33. The number of amides is 1. The minimum absolute atomic E-state index is 0.0117. The maximum atomic E-state index is 12.5. The molecule has 0 bridgehead atoms. The highest BCUT2D eigenvalue weighted by Gasteiger charge is 2.38. The van der Waals surface area contributed by atoms with E-state index in [0.717, 1.165) is 17.9 Å². The molecule has 0 radical (unpaired) electrons. The lowest BCUT2D eigenvalue weighted by atomic mass is 9.96. The van der Waals surface area contributed by atoms with Crippen molar-refractivity contribution >= 4 is 17.7 Å². The number of carbonyl (C=O) groups excluding carboxylic acids is 1. The molecule has 19 heavy (non-hydrogen) atoms. The van der Waals surface area contributed by atoms with Gasteiger partial charge in [0.05, 0.1) is 16.7 Å². The Labute approximate surface area is 118 Å². The second kappa shape index (κ2) is 5.51. The van der Waals surface area contributed by atoms with Crippen molar-refractivity contribution in [3.8, 4) is 0 Å². The third-order valence-electron chi connectivity index (χ3n) is 3.52. The summed E-state index contributed by atoms with van der Waals surface area (Å²) in [6.07, 6.45) is 5.40. The molecule has 1 amide bonds. The van der Waals surface area contributed by atoms with Crippen molar-refractivity contribution in [2.45, 2.75) is 43.4 Å². The Morgan fingerprint density at radius 1 is 1.58 bits per heavy atom. The Morgan fingerprint density at radius 3 is 2.95 bits per heavy atom. The fourth-order valence-electron chi connectivity index (χ4n) is 2.56. The van der Waals surface area contributed by atoms with Crippen LogP contribution in [0.5, 0.6) is 0 Å². The van der Waals surface area contributed by atoms with E-state index < -0.39 is 5.60 Å². The summed E-state index contributed by atoms with van der Waals surface area (Å²) in [6.45, 7) is 4.25. The summed E-state index contributed by atoms with van der Waals surface area (Å²) in [5.41, 5.74) is -0.211. The molecule has 1 unspecified atom stereocenters. The van der Waals surface area contributed by atoms with E-state index in [4.69, 9.17) is 0 Å². The summed E-state index contributed by atoms with van der Waals surface area (Å²) in [5, 5.41) is 11.0. The molecule has 1 aromatic heterocycles. The standard InChI is InChI=1S/C14H20N2O2S/c1-14(2,18)11-5-4-8-16(11)13(17)10-6-7-15-12(9-10)19-3/h6-7,9,11,18H,4-5,8H2,1-3H3. The van der Waals surface area contributed by atoms with E-state index in [0.29, 0.717) is 12.1 Å². The number of carbonyl (C=O) groups is 1. The summed E-state index contributed by atoms with van der Waals surface area (Å²) >= 11 is 1.52. The Morgan fingerprint density at radius 2 is 2.32 bits per heavy atom. The van der Waals surface area contributed by atoms with Gasteiger partial charge in [0.1, 0.15) is 0 Å². The molecule has 1 saturated heterocycles. The Hall–Kier alpha value is -1.07. The minimum Gasteiger partial charge on any atom is -0.388 e. The van der Waals surface area contributed by atoms with Gasteiger partial charge in [0.25, 0.3) is 5.91 Å². The van der Waals surface area contributed by atoms with E-state index in [-0.39, 0.29) is 11.9 Å². The molecule has 2 heterocycles. The number of likely N-dealkylation sites (tertiary alicyclic amines) is 1. The molecule has 4 nitrogen and oxygen atoms in total. The molecule has 1 aromatic rings. The van der Waals surface area contributed by atoms with Crippen molar-refractivity contribution in [1.82, 2.24) is 9.88 Å². The van der Waals surface area contributed by atoms with Crippen LogP contribution in [0.2, 0.25) is 0 Å². The molecule has 1 aliphatic rings.